The highest BCUT2D eigenvalue weighted by molar-refractivity contribution is 6.78. The Bertz CT molecular complexity index is 212. The molecule has 1 fully saturated rings. The van der Waals surface area contributed by atoms with Gasteiger partial charge in [0.05, 0.1) is 5.34 Å². The molecule has 0 N–H and O–H groups in total. The molecule has 0 unspecified atom stereocenters. The summed E-state index contributed by atoms with van der Waals surface area (Å²) in [4.78, 5) is 22.3. The molecule has 14 heavy (non-hydrogen) atoms. The van der Waals surface area contributed by atoms with Crippen LogP contribution >= 0.6 is 23.2 Å². The summed E-state index contributed by atoms with van der Waals surface area (Å²) in [6.07, 6.45) is 0.839. The van der Waals surface area contributed by atoms with Crippen LogP contribution in [0.3, 0.4) is 0 Å². The molecular formula is C8H15Cl2NO2Si. The Balaban J connectivity index is 0.000000500. The SMILES string of the molecule is C[Si](C)(C)N1C(=O)CCC1=O.ClCCl. The number of carbonyl (C=O) groups is 2. The number of hydrogen-bond donors (Lipinski definition) is 0. The zero-order valence-electron chi connectivity index (χ0n) is 8.64. The zero-order chi connectivity index (χ0) is 11.4. The molecule has 0 saturated carbocycles. The van der Waals surface area contributed by atoms with Gasteiger partial charge in [0, 0.05) is 12.8 Å². The van der Waals surface area contributed by atoms with E-state index >= 15 is 0 Å². The predicted octanol–water partition coefficient (Wildman–Crippen LogP) is 2.39. The Hall–Kier alpha value is -0.0631. The molecule has 6 heteroatoms. The number of rotatable bonds is 1. The Kier molecular flexibility index (Phi) is 5.70. The molecule has 1 rings (SSSR count). The van der Waals surface area contributed by atoms with Crippen LogP contribution in [0.2, 0.25) is 19.6 Å². The summed E-state index contributed by atoms with van der Waals surface area (Å²) in [6.45, 7) is 6.02. The number of nitrogens with zero attached hydrogens (tertiary/aromatic N) is 1. The van der Waals surface area contributed by atoms with Crippen molar-refractivity contribution in [2.45, 2.75) is 32.5 Å². The highest BCUT2D eigenvalue weighted by Gasteiger charge is 2.38. The van der Waals surface area contributed by atoms with Crippen LogP contribution in [-0.2, 0) is 9.59 Å². The van der Waals surface area contributed by atoms with E-state index in [4.69, 9.17) is 23.2 Å². The molecule has 3 nitrogen and oxygen atoms in total. The highest BCUT2D eigenvalue weighted by Crippen LogP contribution is 2.19. The maximum absolute atomic E-state index is 11.2. The van der Waals surface area contributed by atoms with Gasteiger partial charge in [0.15, 0.2) is 8.24 Å². The van der Waals surface area contributed by atoms with Gasteiger partial charge in [-0.2, -0.15) is 0 Å². The molecule has 2 amide bonds. The fourth-order valence-corrected chi connectivity index (χ4v) is 3.04. The van der Waals surface area contributed by atoms with Crippen molar-refractivity contribution in [2.75, 3.05) is 5.34 Å². The molecule has 1 heterocycles. The van der Waals surface area contributed by atoms with Gasteiger partial charge in [-0.25, -0.2) is 0 Å². The average molecular weight is 256 g/mol. The van der Waals surface area contributed by atoms with Crippen LogP contribution in [0.5, 0.6) is 0 Å². The van der Waals surface area contributed by atoms with E-state index in [1.54, 1.807) is 0 Å². The summed E-state index contributed by atoms with van der Waals surface area (Å²) in [6, 6.07) is 0. The first kappa shape index (κ1) is 13.9. The van der Waals surface area contributed by atoms with E-state index in [1.807, 2.05) is 19.6 Å². The van der Waals surface area contributed by atoms with Gasteiger partial charge >= 0.3 is 0 Å². The van der Waals surface area contributed by atoms with Gasteiger partial charge < -0.3 is 4.57 Å². The largest absolute Gasteiger partial charge is 0.312 e. The molecule has 1 aliphatic rings. The summed E-state index contributed by atoms with van der Waals surface area (Å²) >= 11 is 9.53. The Morgan fingerprint density at radius 2 is 1.43 bits per heavy atom. The van der Waals surface area contributed by atoms with E-state index in [0.717, 1.165) is 0 Å². The van der Waals surface area contributed by atoms with Crippen LogP contribution in [-0.4, -0.2) is 30.0 Å². The van der Waals surface area contributed by atoms with Crippen molar-refractivity contribution in [1.29, 1.82) is 0 Å². The van der Waals surface area contributed by atoms with Gasteiger partial charge in [-0.3, -0.25) is 9.59 Å². The number of halogens is 2. The van der Waals surface area contributed by atoms with Gasteiger partial charge in [0.1, 0.15) is 0 Å². The number of hydrogen-bond acceptors (Lipinski definition) is 2. The Labute approximate surface area is 95.4 Å². The molecule has 0 atom stereocenters. The number of carbonyl (C=O) groups excluding carboxylic acids is 2. The Morgan fingerprint density at radius 1 is 1.14 bits per heavy atom. The second-order valence-corrected chi connectivity index (χ2v) is 9.49. The first-order valence-electron chi connectivity index (χ1n) is 4.32. The second-order valence-electron chi connectivity index (χ2n) is 3.89. The fraction of sp³-hybridized carbons (Fsp3) is 0.750. The van der Waals surface area contributed by atoms with Crippen molar-refractivity contribution in [3.8, 4) is 0 Å². The van der Waals surface area contributed by atoms with Crippen molar-refractivity contribution in [1.82, 2.24) is 4.57 Å². The van der Waals surface area contributed by atoms with Crippen molar-refractivity contribution in [3.63, 3.8) is 0 Å². The normalized spacial score (nSPS) is 16.8. The summed E-state index contributed by atoms with van der Waals surface area (Å²) < 4.78 is 1.49. The smallest absolute Gasteiger partial charge is 0.221 e. The van der Waals surface area contributed by atoms with Crippen LogP contribution < -0.4 is 0 Å². The molecule has 0 spiro atoms. The topological polar surface area (TPSA) is 37.4 Å². The third-order valence-electron chi connectivity index (χ3n) is 1.72. The van der Waals surface area contributed by atoms with Gasteiger partial charge in [0.25, 0.3) is 0 Å². The molecule has 82 valence electrons. The molecule has 1 aliphatic heterocycles. The summed E-state index contributed by atoms with van der Waals surface area (Å²) in [5.41, 5.74) is 0. The fourth-order valence-electron chi connectivity index (χ4n) is 1.32. The first-order chi connectivity index (χ1) is 6.34. The molecule has 1 saturated heterocycles. The van der Waals surface area contributed by atoms with Crippen molar-refractivity contribution < 1.29 is 9.59 Å². The summed E-state index contributed by atoms with van der Waals surface area (Å²) in [5, 5.41) is 0.194. The van der Waals surface area contributed by atoms with Crippen LogP contribution in [0.15, 0.2) is 0 Å². The quantitative estimate of drug-likeness (QED) is 0.410. The monoisotopic (exact) mass is 255 g/mol. The molecule has 0 aromatic rings. The van der Waals surface area contributed by atoms with Crippen LogP contribution in [0.4, 0.5) is 0 Å². The van der Waals surface area contributed by atoms with E-state index in [9.17, 15) is 9.59 Å². The number of imide groups is 1. The summed E-state index contributed by atoms with van der Waals surface area (Å²) in [7, 11) is -1.72. The van der Waals surface area contributed by atoms with E-state index in [2.05, 4.69) is 0 Å². The Morgan fingerprint density at radius 3 is 1.57 bits per heavy atom. The maximum Gasteiger partial charge on any atom is 0.221 e. The minimum Gasteiger partial charge on any atom is -0.312 e. The van der Waals surface area contributed by atoms with Gasteiger partial charge in [-0.15, -0.1) is 23.2 Å². The molecule has 0 aromatic heterocycles. The van der Waals surface area contributed by atoms with Crippen LogP contribution in [0.25, 0.3) is 0 Å². The van der Waals surface area contributed by atoms with Crippen LogP contribution in [0, 0.1) is 0 Å². The number of alkyl halides is 2. The minimum atomic E-state index is -1.72. The van der Waals surface area contributed by atoms with Crippen molar-refractivity contribution in [3.05, 3.63) is 0 Å². The standard InChI is InChI=1S/C7H13NO2Si.CH2Cl2/c1-11(2,3)8-6(9)4-5-7(8)10;2-1-3/h4-5H2,1-3H3;1H2. The third kappa shape index (κ3) is 3.98. The predicted molar refractivity (Wildman–Crippen MR) is 61.0 cm³/mol. The zero-order valence-corrected chi connectivity index (χ0v) is 11.2. The van der Waals surface area contributed by atoms with Crippen molar-refractivity contribution in [2.24, 2.45) is 0 Å². The lowest BCUT2D eigenvalue weighted by Gasteiger charge is -2.27. The van der Waals surface area contributed by atoms with Crippen LogP contribution in [0.1, 0.15) is 12.8 Å². The first-order valence-corrected chi connectivity index (χ1v) is 8.84. The van der Waals surface area contributed by atoms with Crippen molar-refractivity contribution >= 4 is 43.3 Å². The third-order valence-corrected chi connectivity index (χ3v) is 3.56. The van der Waals surface area contributed by atoms with Gasteiger partial charge in [-0.1, -0.05) is 19.6 Å². The lowest BCUT2D eigenvalue weighted by molar-refractivity contribution is -0.133. The van der Waals surface area contributed by atoms with E-state index in [1.165, 1.54) is 4.57 Å². The number of amides is 2. The van der Waals surface area contributed by atoms with E-state index in [-0.39, 0.29) is 17.2 Å². The molecule has 0 aliphatic carbocycles. The summed E-state index contributed by atoms with van der Waals surface area (Å²) in [5.74, 6) is 0.0448. The molecule has 0 aromatic carbocycles. The highest BCUT2D eigenvalue weighted by atomic mass is 35.5. The average Bonchev–Trinajstić information content (AvgIpc) is 2.30. The lowest BCUT2D eigenvalue weighted by Crippen LogP contribution is -2.49. The van der Waals surface area contributed by atoms with Gasteiger partial charge in [0.2, 0.25) is 11.8 Å². The van der Waals surface area contributed by atoms with E-state index in [0.29, 0.717) is 12.8 Å². The maximum atomic E-state index is 11.2. The molecule has 0 radical (unpaired) electrons. The second kappa shape index (κ2) is 5.73. The lowest BCUT2D eigenvalue weighted by atomic mass is 10.4. The molecular weight excluding hydrogens is 241 g/mol. The van der Waals surface area contributed by atoms with Gasteiger partial charge in [-0.05, 0) is 0 Å². The minimum absolute atomic E-state index is 0.0224. The van der Waals surface area contributed by atoms with E-state index < -0.39 is 8.24 Å². The molecule has 0 bridgehead atoms.